The van der Waals surface area contributed by atoms with Crippen molar-refractivity contribution in [1.29, 1.82) is 0 Å². The number of hydrogen-bond acceptors (Lipinski definition) is 3. The lowest BCUT2D eigenvalue weighted by molar-refractivity contribution is -0.116. The monoisotopic (exact) mass is 326 g/mol. The van der Waals surface area contributed by atoms with Gasteiger partial charge in [0.05, 0.1) is 7.11 Å². The quantitative estimate of drug-likeness (QED) is 0.621. The number of rotatable bonds is 4. The van der Waals surface area contributed by atoms with Crippen LogP contribution in [0, 0.1) is 0 Å². The molecule has 0 spiro atoms. The number of benzene rings is 1. The van der Waals surface area contributed by atoms with Crippen molar-refractivity contribution in [2.24, 2.45) is 0 Å². The highest BCUT2D eigenvalue weighted by molar-refractivity contribution is 6.78. The van der Waals surface area contributed by atoms with E-state index in [1.807, 2.05) is 12.1 Å². The van der Waals surface area contributed by atoms with Crippen molar-refractivity contribution in [3.8, 4) is 0 Å². The Morgan fingerprint density at radius 3 is 2.17 bits per heavy atom. The van der Waals surface area contributed by atoms with Crippen LogP contribution in [0.15, 0.2) is 42.2 Å². The number of hydrogen-bond donors (Lipinski definition) is 0. The van der Waals surface area contributed by atoms with E-state index in [1.54, 1.807) is 0 Å². The van der Waals surface area contributed by atoms with Crippen molar-refractivity contribution in [3.05, 3.63) is 53.3 Å². The lowest BCUT2D eigenvalue weighted by Gasteiger charge is -2.16. The molecule has 2 aliphatic rings. The summed E-state index contributed by atoms with van der Waals surface area (Å²) in [6.45, 7) is 7.26. The van der Waals surface area contributed by atoms with Gasteiger partial charge in [-0.1, -0.05) is 43.9 Å². The first kappa shape index (κ1) is 15.9. The van der Waals surface area contributed by atoms with Gasteiger partial charge in [0.2, 0.25) is 5.78 Å². The van der Waals surface area contributed by atoms with Crippen LogP contribution in [0.5, 0.6) is 0 Å². The average molecular weight is 326 g/mol. The molecule has 0 heterocycles. The molecule has 0 radical (unpaired) electrons. The summed E-state index contributed by atoms with van der Waals surface area (Å²) >= 11 is 0. The molecule has 120 valence electrons. The predicted molar refractivity (Wildman–Crippen MR) is 94.0 cm³/mol. The maximum Gasteiger partial charge on any atom is 0.221 e. The van der Waals surface area contributed by atoms with E-state index < -0.39 is 8.07 Å². The van der Waals surface area contributed by atoms with Crippen LogP contribution in [0.4, 0.5) is 0 Å². The fourth-order valence-corrected chi connectivity index (χ4v) is 5.72. The zero-order valence-electron chi connectivity index (χ0n) is 14.1. The number of ketones is 2. The Morgan fingerprint density at radius 1 is 1.00 bits per heavy atom. The van der Waals surface area contributed by atoms with E-state index in [9.17, 15) is 9.59 Å². The van der Waals surface area contributed by atoms with Gasteiger partial charge in [-0.05, 0) is 29.0 Å². The van der Waals surface area contributed by atoms with Gasteiger partial charge >= 0.3 is 0 Å². The maximum atomic E-state index is 12.2. The molecule has 0 aromatic heterocycles. The van der Waals surface area contributed by atoms with Crippen LogP contribution in [0.1, 0.15) is 23.5 Å². The Hall–Kier alpha value is -1.94. The van der Waals surface area contributed by atoms with Gasteiger partial charge in [0, 0.05) is 25.8 Å². The summed E-state index contributed by atoms with van der Waals surface area (Å²) in [6.07, 6.45) is 3.93. The summed E-state index contributed by atoms with van der Waals surface area (Å²) in [5, 5.41) is 0. The lowest BCUT2D eigenvalue weighted by atomic mass is 9.94. The molecular formula is C19H22O3Si. The molecule has 0 bridgehead atoms. The first-order valence-electron chi connectivity index (χ1n) is 7.97. The second-order valence-electron chi connectivity index (χ2n) is 7.44. The molecule has 23 heavy (non-hydrogen) atoms. The van der Waals surface area contributed by atoms with Crippen LogP contribution < -0.4 is 0 Å². The third-order valence-electron chi connectivity index (χ3n) is 4.82. The minimum absolute atomic E-state index is 0.103. The van der Waals surface area contributed by atoms with Gasteiger partial charge in [0.25, 0.3) is 0 Å². The van der Waals surface area contributed by atoms with Crippen LogP contribution in [-0.4, -0.2) is 26.8 Å². The third-order valence-corrected chi connectivity index (χ3v) is 7.68. The van der Waals surface area contributed by atoms with Crippen molar-refractivity contribution in [2.45, 2.75) is 37.5 Å². The highest BCUT2D eigenvalue weighted by Crippen LogP contribution is 2.58. The molecule has 4 heteroatoms. The molecular weight excluding hydrogens is 304 g/mol. The third kappa shape index (κ3) is 3.08. The average Bonchev–Trinajstić information content (AvgIpc) is 3.30. The van der Waals surface area contributed by atoms with E-state index in [4.69, 9.17) is 4.74 Å². The van der Waals surface area contributed by atoms with Crippen molar-refractivity contribution in [1.82, 2.24) is 0 Å². The lowest BCUT2D eigenvalue weighted by Crippen LogP contribution is -2.20. The molecule has 0 N–H and O–H groups in total. The van der Waals surface area contributed by atoms with E-state index in [0.717, 1.165) is 11.1 Å². The van der Waals surface area contributed by atoms with Gasteiger partial charge in [0.1, 0.15) is 0 Å². The van der Waals surface area contributed by atoms with Crippen molar-refractivity contribution in [2.75, 3.05) is 7.11 Å². The van der Waals surface area contributed by atoms with E-state index in [0.29, 0.717) is 11.5 Å². The second kappa shape index (κ2) is 5.60. The minimum atomic E-state index is -1.08. The van der Waals surface area contributed by atoms with Gasteiger partial charge < -0.3 is 4.74 Å². The Kier molecular flexibility index (Phi) is 3.88. The Morgan fingerprint density at radius 2 is 1.65 bits per heavy atom. The standard InChI is InChI=1S/C19H22O3Si/c1-22-18-11-16(20)14(9-17(18)21)12-5-7-13(8-6-12)15-10-19(15)23(2,3)4/h5-9,11,15,19H,10H2,1-4H3/t15-,19-/m0/s1. The first-order chi connectivity index (χ1) is 10.8. The van der Waals surface area contributed by atoms with E-state index in [2.05, 4.69) is 31.8 Å². The van der Waals surface area contributed by atoms with E-state index in [1.165, 1.54) is 31.2 Å². The minimum Gasteiger partial charge on any atom is -0.493 e. The van der Waals surface area contributed by atoms with Crippen molar-refractivity contribution >= 4 is 25.2 Å². The van der Waals surface area contributed by atoms with Gasteiger partial charge in [-0.2, -0.15) is 0 Å². The van der Waals surface area contributed by atoms with Gasteiger partial charge in [-0.15, -0.1) is 0 Å². The van der Waals surface area contributed by atoms with Crippen LogP contribution in [0.3, 0.4) is 0 Å². The summed E-state index contributed by atoms with van der Waals surface area (Å²) in [6, 6.07) is 8.12. The van der Waals surface area contributed by atoms with Crippen LogP contribution >= 0.6 is 0 Å². The summed E-state index contributed by atoms with van der Waals surface area (Å²) in [7, 11) is 0.319. The fraction of sp³-hybridized carbons (Fsp3) is 0.368. The summed E-state index contributed by atoms with van der Waals surface area (Å²) in [5.41, 5.74) is 3.45. The molecule has 0 saturated heterocycles. The topological polar surface area (TPSA) is 43.4 Å². The number of allylic oxidation sites excluding steroid dienone is 3. The fourth-order valence-electron chi connectivity index (χ4n) is 3.36. The van der Waals surface area contributed by atoms with Crippen molar-refractivity contribution in [3.63, 3.8) is 0 Å². The SMILES string of the molecule is COC1=CC(=O)C(c2ccc([C@@H]3C[C@@H]3[Si](C)(C)C)cc2)=CC1=O. The molecule has 2 aliphatic carbocycles. The summed E-state index contributed by atoms with van der Waals surface area (Å²) < 4.78 is 4.91. The molecule has 0 amide bonds. The van der Waals surface area contributed by atoms with E-state index >= 15 is 0 Å². The maximum absolute atomic E-state index is 12.2. The van der Waals surface area contributed by atoms with Crippen LogP contribution in [0.2, 0.25) is 25.2 Å². The van der Waals surface area contributed by atoms with Crippen LogP contribution in [0.25, 0.3) is 5.57 Å². The summed E-state index contributed by atoms with van der Waals surface area (Å²) in [5.74, 6) is 0.340. The largest absolute Gasteiger partial charge is 0.493 e. The molecule has 3 nitrogen and oxygen atoms in total. The zero-order chi connectivity index (χ0) is 16.8. The molecule has 1 fully saturated rings. The molecule has 1 aromatic rings. The molecule has 3 rings (SSSR count). The van der Waals surface area contributed by atoms with Gasteiger partial charge in [-0.25, -0.2) is 0 Å². The zero-order valence-corrected chi connectivity index (χ0v) is 15.1. The first-order valence-corrected chi connectivity index (χ1v) is 11.6. The van der Waals surface area contributed by atoms with E-state index in [-0.39, 0.29) is 17.3 Å². The number of ether oxygens (including phenoxy) is 1. The Labute approximate surface area is 138 Å². The number of carbonyl (C=O) groups is 2. The smallest absolute Gasteiger partial charge is 0.221 e. The predicted octanol–water partition coefficient (Wildman–Crippen LogP) is 3.95. The van der Waals surface area contributed by atoms with Gasteiger partial charge in [0.15, 0.2) is 11.5 Å². The number of methoxy groups -OCH3 is 1. The Bertz CT molecular complexity index is 720. The van der Waals surface area contributed by atoms with Crippen molar-refractivity contribution < 1.29 is 14.3 Å². The molecule has 0 unspecified atom stereocenters. The number of carbonyl (C=O) groups excluding carboxylic acids is 2. The summed E-state index contributed by atoms with van der Waals surface area (Å²) in [4.78, 5) is 24.0. The molecule has 1 saturated carbocycles. The molecule has 2 atom stereocenters. The van der Waals surface area contributed by atoms with Gasteiger partial charge in [-0.3, -0.25) is 9.59 Å². The Balaban J connectivity index is 1.79. The highest BCUT2D eigenvalue weighted by atomic mass is 28.3. The second-order valence-corrected chi connectivity index (χ2v) is 12.9. The normalized spacial score (nSPS) is 24.2. The highest BCUT2D eigenvalue weighted by Gasteiger charge is 2.46. The van der Waals surface area contributed by atoms with Crippen LogP contribution in [-0.2, 0) is 14.3 Å². The molecule has 1 aromatic carbocycles. The molecule has 0 aliphatic heterocycles.